The molecule has 2 rings (SSSR count). The summed E-state index contributed by atoms with van der Waals surface area (Å²) in [5.41, 5.74) is 1.18. The second-order valence-electron chi connectivity index (χ2n) is 6.53. The van der Waals surface area contributed by atoms with Gasteiger partial charge in [0.05, 0.1) is 7.11 Å². The molecule has 1 heterocycles. The van der Waals surface area contributed by atoms with Crippen molar-refractivity contribution in [3.63, 3.8) is 0 Å². The number of hydrogen-bond donors (Lipinski definition) is 2. The first kappa shape index (κ1) is 20.1. The van der Waals surface area contributed by atoms with Crippen LogP contribution in [0.4, 0.5) is 0 Å². The zero-order valence-corrected chi connectivity index (χ0v) is 16.3. The molecule has 0 spiro atoms. The van der Waals surface area contributed by atoms with Crippen molar-refractivity contribution in [3.05, 3.63) is 29.8 Å². The molecule has 1 fully saturated rings. The van der Waals surface area contributed by atoms with Gasteiger partial charge in [0.25, 0.3) is 0 Å². The predicted octanol–water partition coefficient (Wildman–Crippen LogP) is 2.19. The molecule has 0 aromatic heterocycles. The van der Waals surface area contributed by atoms with E-state index < -0.39 is 0 Å². The average molecular weight is 361 g/mol. The fourth-order valence-corrected chi connectivity index (χ4v) is 3.44. The van der Waals surface area contributed by atoms with E-state index in [1.165, 1.54) is 5.56 Å². The van der Waals surface area contributed by atoms with Crippen molar-refractivity contribution < 1.29 is 9.53 Å². The van der Waals surface area contributed by atoms with Gasteiger partial charge in [0.15, 0.2) is 5.96 Å². The third-order valence-corrected chi connectivity index (χ3v) is 4.89. The second kappa shape index (κ2) is 10.7. The van der Waals surface area contributed by atoms with E-state index in [-0.39, 0.29) is 0 Å². The number of methoxy groups -OCH3 is 1. The van der Waals surface area contributed by atoms with Crippen molar-refractivity contribution >= 4 is 11.9 Å². The minimum Gasteiger partial charge on any atom is -0.496 e. The van der Waals surface area contributed by atoms with Gasteiger partial charge in [-0.15, -0.1) is 0 Å². The number of benzene rings is 1. The van der Waals surface area contributed by atoms with Gasteiger partial charge in [0, 0.05) is 39.1 Å². The van der Waals surface area contributed by atoms with E-state index >= 15 is 0 Å². The monoisotopic (exact) mass is 360 g/mol. The maximum atomic E-state index is 11.9. The molecule has 0 aliphatic carbocycles. The lowest BCUT2D eigenvalue weighted by Crippen LogP contribution is -2.42. The normalized spacial score (nSPS) is 15.9. The number of amides is 1. The number of para-hydroxylation sites is 1. The summed E-state index contributed by atoms with van der Waals surface area (Å²) >= 11 is 0. The Labute approximate surface area is 157 Å². The number of rotatable bonds is 9. The molecular formula is C20H32N4O2. The zero-order valence-electron chi connectivity index (χ0n) is 16.3. The summed E-state index contributed by atoms with van der Waals surface area (Å²) in [7, 11) is 3.47. The third-order valence-electron chi connectivity index (χ3n) is 4.89. The van der Waals surface area contributed by atoms with Crippen LogP contribution in [0.3, 0.4) is 0 Å². The van der Waals surface area contributed by atoms with Gasteiger partial charge in [0.2, 0.25) is 5.91 Å². The molecule has 1 aromatic carbocycles. The minimum absolute atomic E-state index is 0.302. The van der Waals surface area contributed by atoms with Crippen molar-refractivity contribution in [1.29, 1.82) is 0 Å². The van der Waals surface area contributed by atoms with Crippen molar-refractivity contribution in [1.82, 2.24) is 15.5 Å². The zero-order chi connectivity index (χ0) is 18.8. The summed E-state index contributed by atoms with van der Waals surface area (Å²) < 4.78 is 5.38. The molecule has 1 aromatic rings. The summed E-state index contributed by atoms with van der Waals surface area (Å²) in [6, 6.07) is 8.38. The van der Waals surface area contributed by atoms with Crippen LogP contribution in [0.5, 0.6) is 5.75 Å². The molecule has 1 unspecified atom stereocenters. The van der Waals surface area contributed by atoms with Crippen molar-refractivity contribution in [3.8, 4) is 5.75 Å². The Morgan fingerprint density at radius 2 is 2.08 bits per heavy atom. The topological polar surface area (TPSA) is 66.0 Å². The van der Waals surface area contributed by atoms with Gasteiger partial charge >= 0.3 is 0 Å². The minimum atomic E-state index is 0.302. The highest BCUT2D eigenvalue weighted by Crippen LogP contribution is 2.18. The van der Waals surface area contributed by atoms with Gasteiger partial charge in [-0.1, -0.05) is 25.1 Å². The fraction of sp³-hybridized carbons (Fsp3) is 0.600. The SMILES string of the molecule is CCC(CCNC(=NC)NCCc1ccccc1OC)N1CCCC1=O. The van der Waals surface area contributed by atoms with Crippen LogP contribution in [-0.4, -0.2) is 56.6 Å². The number of hydrogen-bond acceptors (Lipinski definition) is 3. The average Bonchev–Trinajstić information content (AvgIpc) is 3.10. The Kier molecular flexibility index (Phi) is 8.25. The Morgan fingerprint density at radius 1 is 1.31 bits per heavy atom. The maximum Gasteiger partial charge on any atom is 0.222 e. The maximum absolute atomic E-state index is 11.9. The first-order valence-corrected chi connectivity index (χ1v) is 9.55. The quantitative estimate of drug-likeness (QED) is 0.523. The molecule has 1 aliphatic rings. The van der Waals surface area contributed by atoms with E-state index in [9.17, 15) is 4.79 Å². The highest BCUT2D eigenvalue weighted by molar-refractivity contribution is 5.79. The van der Waals surface area contributed by atoms with Gasteiger partial charge in [-0.05, 0) is 37.3 Å². The summed E-state index contributed by atoms with van der Waals surface area (Å²) in [5.74, 6) is 2.01. The Balaban J connectivity index is 1.73. The number of carbonyl (C=O) groups excluding carboxylic acids is 1. The lowest BCUT2D eigenvalue weighted by Gasteiger charge is -2.27. The van der Waals surface area contributed by atoms with Gasteiger partial charge in [-0.25, -0.2) is 0 Å². The number of guanidine groups is 1. The summed E-state index contributed by atoms with van der Waals surface area (Å²) in [6.07, 6.45) is 4.50. The van der Waals surface area contributed by atoms with Gasteiger partial charge in [-0.3, -0.25) is 9.79 Å². The van der Waals surface area contributed by atoms with Crippen LogP contribution in [0.25, 0.3) is 0 Å². The van der Waals surface area contributed by atoms with Crippen molar-refractivity contribution in [2.75, 3.05) is 33.8 Å². The van der Waals surface area contributed by atoms with Crippen LogP contribution >= 0.6 is 0 Å². The molecule has 26 heavy (non-hydrogen) atoms. The number of aliphatic imine (C=N–C) groups is 1. The standard InChI is InChI=1S/C20H32N4O2/c1-4-17(24-15-7-10-19(24)25)12-14-23-20(21-2)22-13-11-16-8-5-6-9-18(16)26-3/h5-6,8-9,17H,4,7,10-15H2,1-3H3,(H2,21,22,23). The lowest BCUT2D eigenvalue weighted by atomic mass is 10.1. The predicted molar refractivity (Wildman–Crippen MR) is 106 cm³/mol. The highest BCUT2D eigenvalue weighted by Gasteiger charge is 2.26. The summed E-state index contributed by atoms with van der Waals surface area (Å²) in [5, 5.41) is 6.70. The summed E-state index contributed by atoms with van der Waals surface area (Å²) in [6.45, 7) is 4.64. The Hall–Kier alpha value is -2.24. The Bertz CT molecular complexity index is 603. The van der Waals surface area contributed by atoms with E-state index in [0.717, 1.165) is 57.0 Å². The number of nitrogens with zero attached hydrogens (tertiary/aromatic N) is 2. The first-order valence-electron chi connectivity index (χ1n) is 9.55. The van der Waals surface area contributed by atoms with E-state index in [4.69, 9.17) is 4.74 Å². The first-order chi connectivity index (χ1) is 12.7. The highest BCUT2D eigenvalue weighted by atomic mass is 16.5. The molecule has 144 valence electrons. The van der Waals surface area contributed by atoms with Crippen molar-refractivity contribution in [2.24, 2.45) is 4.99 Å². The number of likely N-dealkylation sites (tertiary alicyclic amines) is 1. The van der Waals surface area contributed by atoms with Gasteiger partial charge in [0.1, 0.15) is 5.75 Å². The lowest BCUT2D eigenvalue weighted by molar-refractivity contribution is -0.129. The molecule has 0 radical (unpaired) electrons. The van der Waals surface area contributed by atoms with Crippen LogP contribution in [0.1, 0.15) is 38.2 Å². The number of carbonyl (C=O) groups is 1. The van der Waals surface area contributed by atoms with Crippen LogP contribution in [-0.2, 0) is 11.2 Å². The molecule has 0 saturated carbocycles. The molecular weight excluding hydrogens is 328 g/mol. The molecule has 6 nitrogen and oxygen atoms in total. The third kappa shape index (κ3) is 5.64. The summed E-state index contributed by atoms with van der Waals surface area (Å²) in [4.78, 5) is 18.2. The second-order valence-corrected chi connectivity index (χ2v) is 6.53. The van der Waals surface area contributed by atoms with E-state index in [1.54, 1.807) is 14.2 Å². The molecule has 1 amide bonds. The van der Waals surface area contributed by atoms with Crippen LogP contribution < -0.4 is 15.4 Å². The molecule has 6 heteroatoms. The van der Waals surface area contributed by atoms with E-state index in [2.05, 4.69) is 28.6 Å². The number of ether oxygens (including phenoxy) is 1. The van der Waals surface area contributed by atoms with E-state index in [0.29, 0.717) is 18.4 Å². The largest absolute Gasteiger partial charge is 0.496 e. The molecule has 1 aliphatic heterocycles. The van der Waals surface area contributed by atoms with Gasteiger partial charge < -0.3 is 20.3 Å². The fourth-order valence-electron chi connectivity index (χ4n) is 3.44. The number of nitrogens with one attached hydrogen (secondary N) is 2. The molecule has 1 atom stereocenters. The van der Waals surface area contributed by atoms with Crippen molar-refractivity contribution in [2.45, 2.75) is 45.1 Å². The molecule has 0 bridgehead atoms. The molecule has 1 saturated heterocycles. The Morgan fingerprint density at radius 3 is 2.73 bits per heavy atom. The smallest absolute Gasteiger partial charge is 0.222 e. The van der Waals surface area contributed by atoms with E-state index in [1.807, 2.05) is 23.1 Å². The van der Waals surface area contributed by atoms with Crippen LogP contribution in [0.15, 0.2) is 29.3 Å². The van der Waals surface area contributed by atoms with Crippen LogP contribution in [0.2, 0.25) is 0 Å². The van der Waals surface area contributed by atoms with Gasteiger partial charge in [-0.2, -0.15) is 0 Å². The molecule has 2 N–H and O–H groups in total. The van der Waals surface area contributed by atoms with Crippen LogP contribution in [0, 0.1) is 0 Å².